The van der Waals surface area contributed by atoms with Crippen LogP contribution in [0.25, 0.3) is 0 Å². The van der Waals surface area contributed by atoms with Crippen molar-refractivity contribution in [2.45, 2.75) is 17.7 Å². The highest BCUT2D eigenvalue weighted by atomic mass is 32.2. The molecule has 26 heavy (non-hydrogen) atoms. The third-order valence-electron chi connectivity index (χ3n) is 4.44. The number of nitrogens with one attached hydrogen (secondary N) is 1. The van der Waals surface area contributed by atoms with Crippen molar-refractivity contribution < 1.29 is 13.2 Å². The van der Waals surface area contributed by atoms with Gasteiger partial charge in [-0.05, 0) is 42.7 Å². The topological polar surface area (TPSA) is 69.7 Å². The number of hydrogen-bond acceptors (Lipinski definition) is 4. The minimum atomic E-state index is -3.53. The summed E-state index contributed by atoms with van der Waals surface area (Å²) < 4.78 is 25.6. The van der Waals surface area contributed by atoms with Crippen LogP contribution in [-0.4, -0.2) is 45.8 Å². The van der Waals surface area contributed by atoms with Crippen molar-refractivity contribution in [2.75, 3.05) is 37.4 Å². The van der Waals surface area contributed by atoms with Crippen molar-refractivity contribution in [2.24, 2.45) is 0 Å². The average molecular weight is 373 g/mol. The number of benzene rings is 2. The summed E-state index contributed by atoms with van der Waals surface area (Å²) in [5.41, 5.74) is 2.83. The van der Waals surface area contributed by atoms with Gasteiger partial charge < -0.3 is 10.2 Å². The highest BCUT2D eigenvalue weighted by molar-refractivity contribution is 7.89. The molecule has 0 saturated carbocycles. The lowest BCUT2D eigenvalue weighted by Crippen LogP contribution is -2.36. The lowest BCUT2D eigenvalue weighted by molar-refractivity contribution is -0.115. The maximum absolute atomic E-state index is 12.5. The number of hydrogen-bond donors (Lipinski definition) is 1. The molecule has 1 heterocycles. The average Bonchev–Trinajstić information content (AvgIpc) is 2.62. The maximum Gasteiger partial charge on any atom is 0.243 e. The first kappa shape index (κ1) is 18.4. The largest absolute Gasteiger partial charge is 0.362 e. The van der Waals surface area contributed by atoms with Gasteiger partial charge in [0, 0.05) is 32.0 Å². The number of fused-ring (bicyclic) bond motifs is 1. The monoisotopic (exact) mass is 373 g/mol. The first-order valence-electron chi connectivity index (χ1n) is 8.53. The van der Waals surface area contributed by atoms with Crippen molar-refractivity contribution in [3.05, 3.63) is 54.1 Å². The van der Waals surface area contributed by atoms with E-state index in [1.807, 2.05) is 18.2 Å². The fourth-order valence-electron chi connectivity index (χ4n) is 3.09. The van der Waals surface area contributed by atoms with Gasteiger partial charge in [-0.1, -0.05) is 24.3 Å². The van der Waals surface area contributed by atoms with Crippen LogP contribution in [-0.2, 0) is 21.2 Å². The van der Waals surface area contributed by atoms with Crippen molar-refractivity contribution in [3.8, 4) is 0 Å². The first-order valence-corrected chi connectivity index (χ1v) is 9.97. The molecule has 0 fully saturated rings. The zero-order valence-corrected chi connectivity index (χ0v) is 15.8. The zero-order valence-electron chi connectivity index (χ0n) is 15.0. The Bertz CT molecular complexity index is 910. The van der Waals surface area contributed by atoms with Gasteiger partial charge in [-0.25, -0.2) is 12.7 Å². The Hall–Kier alpha value is -2.38. The summed E-state index contributed by atoms with van der Waals surface area (Å²) in [7, 11) is -0.570. The van der Waals surface area contributed by atoms with Crippen LogP contribution < -0.4 is 10.2 Å². The van der Waals surface area contributed by atoms with Crippen molar-refractivity contribution >= 4 is 27.3 Å². The fraction of sp³-hybridized carbons (Fsp3) is 0.316. The zero-order chi connectivity index (χ0) is 18.7. The summed E-state index contributed by atoms with van der Waals surface area (Å²) in [6.45, 7) is 1.07. The Balaban J connectivity index is 1.72. The van der Waals surface area contributed by atoms with Gasteiger partial charge in [-0.15, -0.1) is 0 Å². The molecule has 1 N–H and O–H groups in total. The van der Waals surface area contributed by atoms with E-state index in [9.17, 15) is 13.2 Å². The highest BCUT2D eigenvalue weighted by Gasteiger charge is 2.20. The molecule has 0 unspecified atom stereocenters. The number of sulfonamides is 1. The minimum absolute atomic E-state index is 0.156. The SMILES string of the molecule is CN(C)S(=O)(=O)c1cccc(NC(=O)CN2CCCc3ccccc32)c1. The number of aryl methyl sites for hydroxylation is 1. The Morgan fingerprint density at radius 2 is 1.92 bits per heavy atom. The van der Waals surface area contributed by atoms with E-state index in [0.29, 0.717) is 5.69 Å². The van der Waals surface area contributed by atoms with Crippen LogP contribution in [0.15, 0.2) is 53.4 Å². The molecule has 0 radical (unpaired) electrons. The third-order valence-corrected chi connectivity index (χ3v) is 6.25. The molecule has 0 aromatic heterocycles. The van der Waals surface area contributed by atoms with Gasteiger partial charge in [0.05, 0.1) is 11.4 Å². The predicted octanol–water partition coefficient (Wildman–Crippen LogP) is 2.33. The smallest absolute Gasteiger partial charge is 0.243 e. The summed E-state index contributed by atoms with van der Waals surface area (Å²) in [5, 5.41) is 2.81. The standard InChI is InChI=1S/C19H23N3O3S/c1-21(2)26(24,25)17-10-5-9-16(13-17)20-19(23)14-22-12-6-8-15-7-3-4-11-18(15)22/h3-5,7,9-11,13H,6,8,12,14H2,1-2H3,(H,20,23). The van der Waals surface area contributed by atoms with E-state index in [1.165, 1.54) is 31.8 Å². The second kappa shape index (κ2) is 7.47. The molecule has 1 amide bonds. The van der Waals surface area contributed by atoms with Crippen molar-refractivity contribution in [3.63, 3.8) is 0 Å². The number of nitrogens with zero attached hydrogens (tertiary/aromatic N) is 2. The normalized spacial score (nSPS) is 14.2. The van der Waals surface area contributed by atoms with Crippen LogP contribution in [0.2, 0.25) is 0 Å². The molecule has 2 aromatic rings. The van der Waals surface area contributed by atoms with Gasteiger partial charge in [0.25, 0.3) is 0 Å². The molecule has 0 saturated heterocycles. The van der Waals surface area contributed by atoms with E-state index < -0.39 is 10.0 Å². The van der Waals surface area contributed by atoms with E-state index in [4.69, 9.17) is 0 Å². The minimum Gasteiger partial charge on any atom is -0.362 e. The van der Waals surface area contributed by atoms with Gasteiger partial charge in [0.15, 0.2) is 0 Å². The highest BCUT2D eigenvalue weighted by Crippen LogP contribution is 2.26. The van der Waals surface area contributed by atoms with Crippen LogP contribution in [0.3, 0.4) is 0 Å². The molecular weight excluding hydrogens is 350 g/mol. The molecule has 2 aromatic carbocycles. The quantitative estimate of drug-likeness (QED) is 0.873. The molecule has 7 heteroatoms. The van der Waals surface area contributed by atoms with Crippen molar-refractivity contribution in [1.82, 2.24) is 4.31 Å². The summed E-state index contributed by atoms with van der Waals surface area (Å²) in [6.07, 6.45) is 2.04. The molecular formula is C19H23N3O3S. The number of para-hydroxylation sites is 1. The van der Waals surface area contributed by atoms with Gasteiger partial charge in [0.1, 0.15) is 0 Å². The second-order valence-electron chi connectivity index (χ2n) is 6.52. The number of rotatable bonds is 5. The molecule has 0 aliphatic carbocycles. The lowest BCUT2D eigenvalue weighted by Gasteiger charge is -2.30. The van der Waals surface area contributed by atoms with Crippen LogP contribution >= 0.6 is 0 Å². The van der Waals surface area contributed by atoms with Gasteiger partial charge in [0.2, 0.25) is 15.9 Å². The fourth-order valence-corrected chi connectivity index (χ4v) is 4.04. The van der Waals surface area contributed by atoms with E-state index in [2.05, 4.69) is 16.3 Å². The summed E-state index contributed by atoms with van der Waals surface area (Å²) in [4.78, 5) is 14.7. The molecule has 0 spiro atoms. The van der Waals surface area contributed by atoms with E-state index in [1.54, 1.807) is 12.1 Å². The molecule has 0 atom stereocenters. The molecule has 1 aliphatic heterocycles. The first-order chi connectivity index (χ1) is 12.4. The Morgan fingerprint density at radius 1 is 1.15 bits per heavy atom. The molecule has 138 valence electrons. The molecule has 0 bridgehead atoms. The Kier molecular flexibility index (Phi) is 5.29. The van der Waals surface area contributed by atoms with Gasteiger partial charge in [-0.2, -0.15) is 0 Å². The van der Waals surface area contributed by atoms with Crippen LogP contribution in [0.4, 0.5) is 11.4 Å². The predicted molar refractivity (Wildman–Crippen MR) is 103 cm³/mol. The second-order valence-corrected chi connectivity index (χ2v) is 8.67. The summed E-state index contributed by atoms with van der Waals surface area (Å²) in [5.74, 6) is -0.166. The van der Waals surface area contributed by atoms with E-state index >= 15 is 0 Å². The summed E-state index contributed by atoms with van der Waals surface area (Å²) in [6, 6.07) is 14.4. The lowest BCUT2D eigenvalue weighted by atomic mass is 10.0. The Labute approximate surface area is 154 Å². The van der Waals surface area contributed by atoms with Gasteiger partial charge in [-0.3, -0.25) is 4.79 Å². The van der Waals surface area contributed by atoms with Crippen LogP contribution in [0.5, 0.6) is 0 Å². The molecule has 1 aliphatic rings. The van der Waals surface area contributed by atoms with Gasteiger partial charge >= 0.3 is 0 Å². The molecule has 3 rings (SSSR count). The number of carbonyl (C=O) groups excluding carboxylic acids is 1. The number of amides is 1. The van der Waals surface area contributed by atoms with E-state index in [0.717, 1.165) is 29.4 Å². The molecule has 6 nitrogen and oxygen atoms in total. The number of anilines is 2. The van der Waals surface area contributed by atoms with Crippen molar-refractivity contribution in [1.29, 1.82) is 0 Å². The Morgan fingerprint density at radius 3 is 2.69 bits per heavy atom. The van der Waals surface area contributed by atoms with E-state index in [-0.39, 0.29) is 17.3 Å². The van der Waals surface area contributed by atoms with Crippen LogP contribution in [0, 0.1) is 0 Å². The van der Waals surface area contributed by atoms with Crippen LogP contribution in [0.1, 0.15) is 12.0 Å². The number of carbonyl (C=O) groups is 1. The summed E-state index contributed by atoms with van der Waals surface area (Å²) >= 11 is 0. The maximum atomic E-state index is 12.5. The third kappa shape index (κ3) is 3.89.